The highest BCUT2D eigenvalue weighted by Crippen LogP contribution is 2.23. The molecule has 0 saturated carbocycles. The van der Waals surface area contributed by atoms with Crippen LogP contribution in [-0.4, -0.2) is 13.6 Å². The quantitative estimate of drug-likeness (QED) is 0.0827. The minimum Gasteiger partial charge on any atom is -0.370 e. The van der Waals surface area contributed by atoms with Crippen LogP contribution < -0.4 is 9.80 Å². The van der Waals surface area contributed by atoms with Gasteiger partial charge in [0.2, 0.25) is 0 Å². The molecule has 2 heteroatoms. The van der Waals surface area contributed by atoms with Crippen molar-refractivity contribution in [3.63, 3.8) is 0 Å². The van der Waals surface area contributed by atoms with E-state index < -0.39 is 0 Å². The van der Waals surface area contributed by atoms with E-state index in [1.807, 2.05) is 19.1 Å². The zero-order valence-electron chi connectivity index (χ0n) is 33.2. The maximum atomic E-state index is 4.16. The van der Waals surface area contributed by atoms with Gasteiger partial charge in [-0.15, -0.1) is 0 Å². The third-order valence-electron chi connectivity index (χ3n) is 9.38. The van der Waals surface area contributed by atoms with Crippen molar-refractivity contribution in [1.29, 1.82) is 0 Å². The lowest BCUT2D eigenvalue weighted by molar-refractivity contribution is 0.799. The minimum atomic E-state index is 0. The Morgan fingerprint density at radius 1 is 0.536 bits per heavy atom. The molecule has 0 atom stereocenters. The SMILES string of the molecule is C.C1=CCCC=C1.C=C(C)/C=C\C(=C)CN(C)c1ccc(C=Cc2ccc(C=Cc3ccc(N(Cc4ccc(C)cc4)Cc4ccc(C)cc4)cc3)cc2)cc1. The summed E-state index contributed by atoms with van der Waals surface area (Å²) in [4.78, 5) is 4.65. The average molecular weight is 737 g/mol. The first-order valence-electron chi connectivity index (χ1n) is 19.3. The number of hydrogen-bond donors (Lipinski definition) is 0. The smallest absolute Gasteiger partial charge is 0.0433 e. The average Bonchev–Trinajstić information content (AvgIpc) is 3.21. The van der Waals surface area contributed by atoms with Crippen LogP contribution in [0.5, 0.6) is 0 Å². The molecular formula is C54H60N2. The van der Waals surface area contributed by atoms with Gasteiger partial charge in [0, 0.05) is 38.1 Å². The lowest BCUT2D eigenvalue weighted by atomic mass is 10.1. The largest absolute Gasteiger partial charge is 0.370 e. The van der Waals surface area contributed by atoms with Crippen LogP contribution in [0.4, 0.5) is 11.4 Å². The summed E-state index contributed by atoms with van der Waals surface area (Å²) in [7, 11) is 2.09. The number of rotatable bonds is 14. The standard InChI is InChI=1S/C47H48N2.C6H8.CH4/c1-36(2)7-8-39(5)33-48(6)46-29-25-42(26-30-46)23-21-40-17-19-41(20-18-40)22-24-43-27-31-47(32-28-43)49(34-44-13-9-37(3)10-14-44)35-45-15-11-38(4)12-16-45;1-2-4-6-5-3-1;/h7-32H,1,5,33-35H2,2-4,6H3;1-4H,5-6H2;1H4/b8-7-,23-21?,24-22?;;. The summed E-state index contributed by atoms with van der Waals surface area (Å²) in [5, 5.41) is 0. The fourth-order valence-electron chi connectivity index (χ4n) is 6.06. The number of anilines is 2. The van der Waals surface area contributed by atoms with E-state index in [1.54, 1.807) is 0 Å². The van der Waals surface area contributed by atoms with Crippen LogP contribution in [0.15, 0.2) is 182 Å². The highest BCUT2D eigenvalue weighted by atomic mass is 15.1. The Morgan fingerprint density at radius 3 is 1.27 bits per heavy atom. The van der Waals surface area contributed by atoms with Crippen LogP contribution in [0.3, 0.4) is 0 Å². The molecule has 1 aliphatic rings. The van der Waals surface area contributed by atoms with Crippen LogP contribution in [0.25, 0.3) is 24.3 Å². The Labute approximate surface area is 338 Å². The molecule has 2 nitrogen and oxygen atoms in total. The highest BCUT2D eigenvalue weighted by Gasteiger charge is 2.09. The first kappa shape index (κ1) is 42.6. The van der Waals surface area contributed by atoms with Gasteiger partial charge in [0.25, 0.3) is 0 Å². The van der Waals surface area contributed by atoms with E-state index in [-0.39, 0.29) is 7.43 Å². The van der Waals surface area contributed by atoms with E-state index in [0.717, 1.165) is 36.5 Å². The predicted octanol–water partition coefficient (Wildman–Crippen LogP) is 14.5. The maximum absolute atomic E-state index is 4.16. The number of likely N-dealkylation sites (N-methyl/N-ethyl adjacent to an activating group) is 1. The van der Waals surface area contributed by atoms with Crippen LogP contribution in [0.2, 0.25) is 0 Å². The number of benzene rings is 5. The molecule has 0 amide bonds. The van der Waals surface area contributed by atoms with Crippen molar-refractivity contribution in [2.45, 2.75) is 54.1 Å². The van der Waals surface area contributed by atoms with Crippen LogP contribution in [-0.2, 0) is 13.1 Å². The normalized spacial score (nSPS) is 12.0. The lowest BCUT2D eigenvalue weighted by Crippen LogP contribution is -2.22. The molecule has 286 valence electrons. The molecule has 0 aromatic heterocycles. The number of aryl methyl sites for hydroxylation is 2. The second kappa shape index (κ2) is 22.3. The van der Waals surface area contributed by atoms with Gasteiger partial charge in [-0.25, -0.2) is 0 Å². The zero-order chi connectivity index (χ0) is 38.8. The summed E-state index contributed by atoms with van der Waals surface area (Å²) in [6, 6.07) is 43.9. The molecule has 0 spiro atoms. The predicted molar refractivity (Wildman–Crippen MR) is 250 cm³/mol. The van der Waals surface area contributed by atoms with Gasteiger partial charge in [0.1, 0.15) is 0 Å². The second-order valence-electron chi connectivity index (χ2n) is 14.5. The fraction of sp³-hybridized carbons (Fsp3) is 0.185. The Balaban J connectivity index is 0.000000908. The van der Waals surface area contributed by atoms with E-state index in [2.05, 4.69) is 214 Å². The van der Waals surface area contributed by atoms with Crippen LogP contribution in [0.1, 0.15) is 71.7 Å². The number of hydrogen-bond acceptors (Lipinski definition) is 2. The summed E-state index contributed by atoms with van der Waals surface area (Å²) in [5.74, 6) is 0. The van der Waals surface area contributed by atoms with Crippen molar-refractivity contribution in [3.8, 4) is 0 Å². The molecule has 0 bridgehead atoms. The van der Waals surface area contributed by atoms with Gasteiger partial charge >= 0.3 is 0 Å². The van der Waals surface area contributed by atoms with Gasteiger partial charge in [0.15, 0.2) is 0 Å². The highest BCUT2D eigenvalue weighted by molar-refractivity contribution is 5.74. The molecule has 1 aliphatic carbocycles. The summed E-state index contributed by atoms with van der Waals surface area (Å²) < 4.78 is 0. The van der Waals surface area contributed by atoms with Gasteiger partial charge in [-0.3, -0.25) is 0 Å². The van der Waals surface area contributed by atoms with E-state index in [1.165, 1.54) is 63.0 Å². The molecule has 56 heavy (non-hydrogen) atoms. The second-order valence-corrected chi connectivity index (χ2v) is 14.5. The van der Waals surface area contributed by atoms with Crippen LogP contribution in [0, 0.1) is 13.8 Å². The van der Waals surface area contributed by atoms with Gasteiger partial charge < -0.3 is 9.80 Å². The molecule has 5 aromatic rings. The summed E-state index contributed by atoms with van der Waals surface area (Å²) in [6.07, 6.45) is 23.7. The molecule has 0 unspecified atom stereocenters. The Morgan fingerprint density at radius 2 is 0.911 bits per heavy atom. The molecule has 0 radical (unpaired) electrons. The first-order valence-corrected chi connectivity index (χ1v) is 19.3. The number of allylic oxidation sites excluding steroid dienone is 6. The van der Waals surface area contributed by atoms with Crippen molar-refractivity contribution >= 4 is 35.7 Å². The molecule has 5 aromatic carbocycles. The monoisotopic (exact) mass is 736 g/mol. The zero-order valence-corrected chi connectivity index (χ0v) is 33.2. The van der Waals surface area contributed by atoms with E-state index in [9.17, 15) is 0 Å². The van der Waals surface area contributed by atoms with Gasteiger partial charge in [-0.2, -0.15) is 0 Å². The van der Waals surface area contributed by atoms with Crippen molar-refractivity contribution in [2.24, 2.45) is 0 Å². The Bertz CT molecular complexity index is 2040. The van der Waals surface area contributed by atoms with E-state index in [0.29, 0.717) is 0 Å². The van der Waals surface area contributed by atoms with Gasteiger partial charge in [-0.1, -0.05) is 195 Å². The molecule has 0 aliphatic heterocycles. The maximum Gasteiger partial charge on any atom is 0.0433 e. The molecule has 0 heterocycles. The molecule has 0 N–H and O–H groups in total. The van der Waals surface area contributed by atoms with Gasteiger partial charge in [0.05, 0.1) is 0 Å². The van der Waals surface area contributed by atoms with Crippen molar-refractivity contribution in [1.82, 2.24) is 0 Å². The topological polar surface area (TPSA) is 6.48 Å². The molecule has 0 fully saturated rings. The van der Waals surface area contributed by atoms with Crippen molar-refractivity contribution in [3.05, 3.63) is 227 Å². The first-order chi connectivity index (χ1) is 26.7. The van der Waals surface area contributed by atoms with E-state index in [4.69, 9.17) is 0 Å². The minimum absolute atomic E-state index is 0. The summed E-state index contributed by atoms with van der Waals surface area (Å²) >= 11 is 0. The van der Waals surface area contributed by atoms with Crippen LogP contribution >= 0.6 is 0 Å². The molecule has 6 rings (SSSR count). The lowest BCUT2D eigenvalue weighted by Gasteiger charge is -2.25. The Hall–Kier alpha value is -6.12. The molecular weight excluding hydrogens is 677 g/mol. The van der Waals surface area contributed by atoms with Crippen molar-refractivity contribution in [2.75, 3.05) is 23.4 Å². The van der Waals surface area contributed by atoms with Gasteiger partial charge in [-0.05, 0) is 96.8 Å². The number of nitrogens with zero attached hydrogens (tertiary/aromatic N) is 2. The van der Waals surface area contributed by atoms with E-state index >= 15 is 0 Å². The Kier molecular flexibility index (Phi) is 17.0. The molecule has 0 saturated heterocycles. The summed E-state index contributed by atoms with van der Waals surface area (Å²) in [5.41, 5.74) is 14.3. The van der Waals surface area contributed by atoms with Crippen molar-refractivity contribution < 1.29 is 0 Å². The summed E-state index contributed by atoms with van der Waals surface area (Å²) in [6.45, 7) is 16.8. The third-order valence-corrected chi connectivity index (χ3v) is 9.38. The third kappa shape index (κ3) is 14.6. The fourth-order valence-corrected chi connectivity index (χ4v) is 6.06.